The lowest BCUT2D eigenvalue weighted by molar-refractivity contribution is -0.126. The fourth-order valence-corrected chi connectivity index (χ4v) is 5.51. The van der Waals surface area contributed by atoms with Crippen LogP contribution < -0.4 is 15.4 Å². The second-order valence-corrected chi connectivity index (χ2v) is 9.98. The molecule has 5 rings (SSSR count). The van der Waals surface area contributed by atoms with Crippen LogP contribution in [-0.4, -0.2) is 59.4 Å². The smallest absolute Gasteiger partial charge is 0.255 e. The Bertz CT molecular complexity index is 1220. The lowest BCUT2D eigenvalue weighted by atomic mass is 10.0. The van der Waals surface area contributed by atoms with E-state index in [1.54, 1.807) is 17.0 Å². The van der Waals surface area contributed by atoms with Crippen molar-refractivity contribution in [1.82, 2.24) is 20.4 Å². The lowest BCUT2D eigenvalue weighted by Gasteiger charge is -2.39. The summed E-state index contributed by atoms with van der Waals surface area (Å²) in [5, 5.41) is 6.24. The van der Waals surface area contributed by atoms with Crippen LogP contribution in [0.1, 0.15) is 47.7 Å². The van der Waals surface area contributed by atoms with E-state index in [1.807, 2.05) is 13.0 Å². The SMILES string of the molecule is C=C1CCC(N2Cc3cc(O[C@H]4CN(Cc5ccc(F)cc5F)CC[C@@H]4NCC)ccc3C2=O)C(=O)N1. The first kappa shape index (κ1) is 25.4. The van der Waals surface area contributed by atoms with E-state index in [0.717, 1.165) is 31.1 Å². The minimum atomic E-state index is -0.587. The molecular weight excluding hydrogens is 478 g/mol. The van der Waals surface area contributed by atoms with Crippen molar-refractivity contribution in [2.45, 2.75) is 57.5 Å². The second-order valence-electron chi connectivity index (χ2n) is 9.98. The maximum absolute atomic E-state index is 14.2. The van der Waals surface area contributed by atoms with Crippen molar-refractivity contribution in [2.75, 3.05) is 19.6 Å². The largest absolute Gasteiger partial charge is 0.487 e. The highest BCUT2D eigenvalue weighted by Gasteiger charge is 2.38. The quantitative estimate of drug-likeness (QED) is 0.598. The van der Waals surface area contributed by atoms with E-state index in [4.69, 9.17) is 4.74 Å². The number of carbonyl (C=O) groups is 2. The number of benzene rings is 2. The number of piperidine rings is 2. The van der Waals surface area contributed by atoms with Gasteiger partial charge in [-0.2, -0.15) is 0 Å². The highest BCUT2D eigenvalue weighted by atomic mass is 19.1. The number of halogens is 2. The molecule has 7 nitrogen and oxygen atoms in total. The van der Waals surface area contributed by atoms with Crippen molar-refractivity contribution in [3.8, 4) is 5.75 Å². The predicted octanol–water partition coefficient (Wildman–Crippen LogP) is 3.34. The molecule has 2 amide bonds. The number of amides is 2. The molecule has 196 valence electrons. The average molecular weight is 511 g/mol. The summed E-state index contributed by atoms with van der Waals surface area (Å²) in [4.78, 5) is 29.2. The number of ether oxygens (including phenoxy) is 1. The van der Waals surface area contributed by atoms with Gasteiger partial charge in [-0.25, -0.2) is 8.78 Å². The number of rotatable bonds is 7. The van der Waals surface area contributed by atoms with Gasteiger partial charge in [0, 0.05) is 55.1 Å². The molecule has 37 heavy (non-hydrogen) atoms. The summed E-state index contributed by atoms with van der Waals surface area (Å²) in [5.74, 6) is -0.823. The van der Waals surface area contributed by atoms with E-state index >= 15 is 0 Å². The first-order valence-electron chi connectivity index (χ1n) is 12.8. The fourth-order valence-electron chi connectivity index (χ4n) is 5.51. The fraction of sp³-hybridized carbons (Fsp3) is 0.429. The van der Waals surface area contributed by atoms with Gasteiger partial charge in [-0.1, -0.05) is 19.6 Å². The van der Waals surface area contributed by atoms with Gasteiger partial charge in [0.15, 0.2) is 0 Å². The van der Waals surface area contributed by atoms with E-state index in [1.165, 1.54) is 12.1 Å². The number of nitrogens with one attached hydrogen (secondary N) is 2. The van der Waals surface area contributed by atoms with Gasteiger partial charge in [-0.3, -0.25) is 14.5 Å². The van der Waals surface area contributed by atoms with Crippen LogP contribution in [0.3, 0.4) is 0 Å². The molecule has 3 aliphatic rings. The molecule has 3 aliphatic heterocycles. The van der Waals surface area contributed by atoms with Gasteiger partial charge in [0.05, 0.1) is 0 Å². The molecule has 0 saturated carbocycles. The molecule has 0 spiro atoms. The third kappa shape index (κ3) is 5.38. The van der Waals surface area contributed by atoms with E-state index in [-0.39, 0.29) is 24.0 Å². The lowest BCUT2D eigenvalue weighted by Crippen LogP contribution is -2.54. The zero-order valence-electron chi connectivity index (χ0n) is 20.9. The minimum absolute atomic E-state index is 0.115. The molecule has 2 N–H and O–H groups in total. The van der Waals surface area contributed by atoms with E-state index in [2.05, 4.69) is 22.1 Å². The number of hydrogen-bond donors (Lipinski definition) is 2. The van der Waals surface area contributed by atoms with Gasteiger partial charge in [0.1, 0.15) is 29.5 Å². The minimum Gasteiger partial charge on any atom is -0.487 e. The summed E-state index contributed by atoms with van der Waals surface area (Å²) in [6.07, 6.45) is 1.83. The number of hydrogen-bond acceptors (Lipinski definition) is 5. The first-order valence-corrected chi connectivity index (χ1v) is 12.8. The molecule has 1 unspecified atom stereocenters. The van der Waals surface area contributed by atoms with Crippen LogP contribution >= 0.6 is 0 Å². The van der Waals surface area contributed by atoms with Gasteiger partial charge in [-0.05, 0) is 55.6 Å². The Morgan fingerprint density at radius 2 is 2.00 bits per heavy atom. The number of likely N-dealkylation sites (N-methyl/N-ethyl adjacent to an activating group) is 1. The van der Waals surface area contributed by atoms with Gasteiger partial charge >= 0.3 is 0 Å². The van der Waals surface area contributed by atoms with Gasteiger partial charge in [-0.15, -0.1) is 0 Å². The van der Waals surface area contributed by atoms with Gasteiger partial charge < -0.3 is 20.3 Å². The normalized spacial score (nSPS) is 24.2. The summed E-state index contributed by atoms with van der Waals surface area (Å²) in [5.41, 5.74) is 2.55. The number of allylic oxidation sites excluding steroid dienone is 1. The third-order valence-corrected chi connectivity index (χ3v) is 7.41. The standard InChI is InChI=1S/C28H32F2N4O3/c1-3-31-24-10-11-33(14-18-5-6-20(29)13-23(18)30)16-26(24)37-21-7-8-22-19(12-21)15-34(28(22)36)25-9-4-17(2)32-27(25)35/h5-8,12-13,24-26,31H,2-4,9-11,14-16H2,1H3,(H,32,35)/t24-,25?,26-/m0/s1. The molecule has 0 bridgehead atoms. The second kappa shape index (κ2) is 10.6. The Morgan fingerprint density at radius 1 is 1.16 bits per heavy atom. The molecule has 3 atom stereocenters. The van der Waals surface area contributed by atoms with Crippen LogP contribution in [0.4, 0.5) is 8.78 Å². The number of likely N-dealkylation sites (tertiary alicyclic amines) is 1. The number of carbonyl (C=O) groups excluding carboxylic acids is 2. The Balaban J connectivity index is 1.29. The zero-order chi connectivity index (χ0) is 26.1. The van der Waals surface area contributed by atoms with Gasteiger partial charge in [0.25, 0.3) is 5.91 Å². The zero-order valence-corrected chi connectivity index (χ0v) is 20.9. The predicted molar refractivity (Wildman–Crippen MR) is 135 cm³/mol. The van der Waals surface area contributed by atoms with Crippen LogP contribution in [0.2, 0.25) is 0 Å². The molecule has 2 fully saturated rings. The average Bonchev–Trinajstić information content (AvgIpc) is 3.18. The van der Waals surface area contributed by atoms with Gasteiger partial charge in [0.2, 0.25) is 5.91 Å². The molecule has 3 heterocycles. The number of nitrogens with zero attached hydrogens (tertiary/aromatic N) is 2. The van der Waals surface area contributed by atoms with E-state index in [0.29, 0.717) is 55.0 Å². The third-order valence-electron chi connectivity index (χ3n) is 7.41. The summed E-state index contributed by atoms with van der Waals surface area (Å²) >= 11 is 0. The molecule has 0 radical (unpaired) electrons. The van der Waals surface area contributed by atoms with Crippen LogP contribution in [-0.2, 0) is 17.9 Å². The van der Waals surface area contributed by atoms with Crippen molar-refractivity contribution in [1.29, 1.82) is 0 Å². The van der Waals surface area contributed by atoms with Crippen LogP contribution in [0.15, 0.2) is 48.7 Å². The van der Waals surface area contributed by atoms with Crippen molar-refractivity contribution in [3.05, 3.63) is 77.0 Å². The topological polar surface area (TPSA) is 73.9 Å². The van der Waals surface area contributed by atoms with Crippen molar-refractivity contribution in [2.24, 2.45) is 0 Å². The summed E-state index contributed by atoms with van der Waals surface area (Å²) < 4.78 is 34.0. The van der Waals surface area contributed by atoms with Crippen LogP contribution in [0.5, 0.6) is 5.75 Å². The molecule has 0 aliphatic carbocycles. The summed E-state index contributed by atoms with van der Waals surface area (Å²) in [6, 6.07) is 8.74. The van der Waals surface area contributed by atoms with E-state index < -0.39 is 17.7 Å². The Labute approximate surface area is 215 Å². The van der Waals surface area contributed by atoms with Crippen LogP contribution in [0.25, 0.3) is 0 Å². The molecule has 9 heteroatoms. The Kier molecular flexibility index (Phi) is 7.26. The first-order chi connectivity index (χ1) is 17.8. The van der Waals surface area contributed by atoms with Crippen molar-refractivity contribution >= 4 is 11.8 Å². The Morgan fingerprint density at radius 3 is 2.76 bits per heavy atom. The Hall–Kier alpha value is -3.30. The van der Waals surface area contributed by atoms with Crippen LogP contribution in [0, 0.1) is 11.6 Å². The van der Waals surface area contributed by atoms with E-state index in [9.17, 15) is 18.4 Å². The molecule has 2 saturated heterocycles. The van der Waals surface area contributed by atoms with Crippen molar-refractivity contribution < 1.29 is 23.1 Å². The summed E-state index contributed by atoms with van der Waals surface area (Å²) in [6.45, 7) is 8.71. The molecule has 2 aromatic rings. The highest BCUT2D eigenvalue weighted by Crippen LogP contribution is 2.32. The molecule has 2 aromatic carbocycles. The summed E-state index contributed by atoms with van der Waals surface area (Å²) in [7, 11) is 0. The molecule has 0 aromatic heterocycles. The monoisotopic (exact) mass is 510 g/mol. The maximum Gasteiger partial charge on any atom is 0.255 e. The molecular formula is C28H32F2N4O3. The maximum atomic E-state index is 14.2. The van der Waals surface area contributed by atoms with Crippen molar-refractivity contribution in [3.63, 3.8) is 0 Å². The highest BCUT2D eigenvalue weighted by molar-refractivity contribution is 6.01. The number of fused-ring (bicyclic) bond motifs is 1.